The number of imide groups is 1. The number of aromatic nitrogens is 2. The zero-order valence-electron chi connectivity index (χ0n) is 34.3. The summed E-state index contributed by atoms with van der Waals surface area (Å²) in [4.78, 5) is 56.1. The molecular formula is C45H45ClF2N8O6. The van der Waals surface area contributed by atoms with Crippen LogP contribution >= 0.6 is 11.6 Å². The first-order chi connectivity index (χ1) is 29.8. The average Bonchev–Trinajstić information content (AvgIpc) is 3.72. The predicted octanol–water partition coefficient (Wildman–Crippen LogP) is 5.83. The zero-order chi connectivity index (χ0) is 43.6. The fraction of sp³-hybridized carbons (Fsp3) is 0.356. The smallest absolute Gasteiger partial charge is 0.329 e. The molecule has 4 aliphatic rings. The summed E-state index contributed by atoms with van der Waals surface area (Å²) in [6, 6.07) is 18.8. The quantitative estimate of drug-likeness (QED) is 0.157. The number of nitrogens with one attached hydrogen (secondary N) is 2. The number of fused-ring (bicyclic) bond motifs is 2. The molecule has 2 atom stereocenters. The summed E-state index contributed by atoms with van der Waals surface area (Å²) in [7, 11) is 3.10. The lowest BCUT2D eigenvalue weighted by molar-refractivity contribution is -0.137. The van der Waals surface area contributed by atoms with Gasteiger partial charge in [0, 0.05) is 98.5 Å². The number of halogens is 3. The Balaban J connectivity index is 0.876. The molecular weight excluding hydrogens is 822 g/mol. The molecule has 0 spiro atoms. The number of nitrogens with zero attached hydrogens (tertiary/aromatic N) is 5. The number of hydrogen-bond acceptors (Lipinski definition) is 9. The predicted molar refractivity (Wildman–Crippen MR) is 229 cm³/mol. The van der Waals surface area contributed by atoms with Crippen LogP contribution < -0.4 is 35.6 Å². The average molecular weight is 867 g/mol. The number of anilines is 2. The summed E-state index contributed by atoms with van der Waals surface area (Å²) in [6.45, 7) is 4.75. The second-order valence-electron chi connectivity index (χ2n) is 16.4. The van der Waals surface area contributed by atoms with E-state index in [1.165, 1.54) is 30.2 Å². The van der Waals surface area contributed by atoms with Crippen LogP contribution in [0.2, 0.25) is 5.02 Å². The summed E-state index contributed by atoms with van der Waals surface area (Å²) in [5.74, 6) is -3.02. The molecule has 0 bridgehead atoms. The maximum absolute atomic E-state index is 16.2. The Morgan fingerprint density at radius 2 is 1.77 bits per heavy atom. The Labute approximate surface area is 360 Å². The molecule has 0 saturated carbocycles. The fourth-order valence-corrected chi connectivity index (χ4v) is 9.72. The third-order valence-corrected chi connectivity index (χ3v) is 13.3. The van der Waals surface area contributed by atoms with Gasteiger partial charge in [-0.25, -0.2) is 13.6 Å². The van der Waals surface area contributed by atoms with Gasteiger partial charge in [0.25, 0.3) is 0 Å². The highest BCUT2D eigenvalue weighted by molar-refractivity contribution is 6.34. The van der Waals surface area contributed by atoms with Crippen molar-refractivity contribution in [3.63, 3.8) is 0 Å². The van der Waals surface area contributed by atoms with Crippen LogP contribution in [0.3, 0.4) is 0 Å². The van der Waals surface area contributed by atoms with Gasteiger partial charge in [-0.2, -0.15) is 5.10 Å². The van der Waals surface area contributed by atoms with Gasteiger partial charge in [0.05, 0.1) is 29.1 Å². The van der Waals surface area contributed by atoms with Crippen molar-refractivity contribution < 1.29 is 37.4 Å². The number of likely N-dealkylation sites (tertiary alicyclic amines) is 1. The Morgan fingerprint density at radius 3 is 2.47 bits per heavy atom. The number of benzene rings is 4. The van der Waals surface area contributed by atoms with Crippen molar-refractivity contribution in [2.45, 2.75) is 43.7 Å². The highest BCUT2D eigenvalue weighted by Crippen LogP contribution is 2.56. The number of urea groups is 1. The molecule has 1 aromatic heterocycles. The van der Waals surface area contributed by atoms with E-state index in [9.17, 15) is 19.2 Å². The molecule has 9 rings (SSSR count). The molecule has 3 fully saturated rings. The van der Waals surface area contributed by atoms with Crippen molar-refractivity contribution in [2.75, 3.05) is 56.2 Å². The van der Waals surface area contributed by atoms with E-state index in [1.54, 1.807) is 4.68 Å². The first kappa shape index (κ1) is 41.1. The van der Waals surface area contributed by atoms with E-state index in [-0.39, 0.29) is 70.0 Å². The first-order valence-electron chi connectivity index (χ1n) is 20.6. The number of methoxy groups -OCH3 is 1. The van der Waals surface area contributed by atoms with Crippen molar-refractivity contribution in [1.29, 1.82) is 0 Å². The lowest BCUT2D eigenvalue weighted by Crippen LogP contribution is -2.57. The third-order valence-electron chi connectivity index (χ3n) is 12.9. The van der Waals surface area contributed by atoms with Gasteiger partial charge in [0.1, 0.15) is 11.6 Å². The van der Waals surface area contributed by atoms with Gasteiger partial charge < -0.3 is 30.3 Å². The van der Waals surface area contributed by atoms with Crippen LogP contribution in [0, 0.1) is 17.6 Å². The summed E-state index contributed by atoms with van der Waals surface area (Å²) >= 11 is 6.67. The number of carbonyl (C=O) groups is 4. The maximum Gasteiger partial charge on any atom is 0.329 e. The van der Waals surface area contributed by atoms with E-state index in [4.69, 9.17) is 26.8 Å². The molecule has 4 aromatic carbocycles. The first-order valence-corrected chi connectivity index (χ1v) is 21.0. The standard InChI is InChI=1S/C45H45ClF2N8O6/c1-24-36-34(20-31(47)39(46)38(36)37-30(41(49)58)11-12-33(61-3)40(37)48)62-45(24,26-7-5-4-6-8-26)23-50-27-13-16-54(17-14-27)43(59)25-21-55(22-25)28-9-10-29-32(19-28)53(2)52-42(29)56-18-15-35(57)51-44(56)60/h4-12,19-20,24-25,27,50H,13-18,21-23H2,1-3H3,(H2,49,58)(H,51,57,60). The largest absolute Gasteiger partial charge is 0.494 e. The number of carbonyl (C=O) groups excluding carboxylic acids is 4. The number of primary amides is 1. The molecule has 0 aliphatic carbocycles. The fourth-order valence-electron chi connectivity index (χ4n) is 9.47. The van der Waals surface area contributed by atoms with Gasteiger partial charge >= 0.3 is 6.03 Å². The maximum atomic E-state index is 16.2. The second kappa shape index (κ2) is 15.9. The molecule has 322 valence electrons. The molecule has 14 nitrogen and oxygen atoms in total. The molecule has 4 N–H and O–H groups in total. The summed E-state index contributed by atoms with van der Waals surface area (Å²) in [5.41, 5.74) is 7.19. The molecule has 5 amide bonds. The van der Waals surface area contributed by atoms with Crippen LogP contribution in [-0.4, -0.2) is 90.9 Å². The number of aryl methyl sites for hydroxylation is 1. The minimum Gasteiger partial charge on any atom is -0.494 e. The molecule has 0 radical (unpaired) electrons. The molecule has 4 aliphatic heterocycles. The minimum absolute atomic E-state index is 0.0202. The highest BCUT2D eigenvalue weighted by atomic mass is 35.5. The molecule has 62 heavy (non-hydrogen) atoms. The van der Waals surface area contributed by atoms with Crippen molar-refractivity contribution in [3.8, 4) is 22.6 Å². The number of nitrogens with two attached hydrogens (primary N) is 1. The van der Waals surface area contributed by atoms with E-state index in [1.807, 2.05) is 67.4 Å². The number of piperidine rings is 1. The van der Waals surface area contributed by atoms with E-state index >= 15 is 8.78 Å². The van der Waals surface area contributed by atoms with Gasteiger partial charge in [-0.3, -0.25) is 29.3 Å². The SMILES string of the molecule is COc1ccc(C(N)=O)c(-c2c(Cl)c(F)cc3c2C(C)C(CNC2CCN(C(=O)C4CN(c5ccc6c(N7CCC(=O)NC7=O)nn(C)c6c5)C4)CC2)(c2ccccc2)O3)c1F. The second-order valence-corrected chi connectivity index (χ2v) is 16.8. The van der Waals surface area contributed by atoms with Crippen molar-refractivity contribution in [1.82, 2.24) is 25.3 Å². The van der Waals surface area contributed by atoms with Gasteiger partial charge in [0.15, 0.2) is 23.0 Å². The Hall–Kier alpha value is -6.26. The Kier molecular flexibility index (Phi) is 10.5. The molecule has 5 heterocycles. The normalized spacial score (nSPS) is 20.5. The van der Waals surface area contributed by atoms with Crippen molar-refractivity contribution >= 4 is 57.8 Å². The lowest BCUT2D eigenvalue weighted by Gasteiger charge is -2.44. The number of rotatable bonds is 10. The van der Waals surface area contributed by atoms with Gasteiger partial charge in [-0.15, -0.1) is 0 Å². The molecule has 2 unspecified atom stereocenters. The topological polar surface area (TPSA) is 164 Å². The molecule has 5 aromatic rings. The molecule has 3 saturated heterocycles. The highest BCUT2D eigenvalue weighted by Gasteiger charge is 2.50. The van der Waals surface area contributed by atoms with Crippen molar-refractivity contribution in [3.05, 3.63) is 100 Å². The van der Waals surface area contributed by atoms with Crippen LogP contribution in [0.25, 0.3) is 22.0 Å². The van der Waals surface area contributed by atoms with Crippen molar-refractivity contribution in [2.24, 2.45) is 18.7 Å². The number of hydrogen-bond donors (Lipinski definition) is 3. The Morgan fingerprint density at radius 1 is 1.03 bits per heavy atom. The number of ether oxygens (including phenoxy) is 2. The van der Waals surface area contributed by atoms with E-state index in [0.717, 1.165) is 22.2 Å². The van der Waals surface area contributed by atoms with Crippen LogP contribution in [0.1, 0.15) is 53.6 Å². The van der Waals surface area contributed by atoms with E-state index in [2.05, 4.69) is 20.6 Å². The van der Waals surface area contributed by atoms with E-state index < -0.39 is 35.1 Å². The summed E-state index contributed by atoms with van der Waals surface area (Å²) in [6.07, 6.45) is 1.59. The lowest BCUT2D eigenvalue weighted by atomic mass is 9.77. The van der Waals surface area contributed by atoms with Gasteiger partial charge in [-0.05, 0) is 48.7 Å². The van der Waals surface area contributed by atoms with Crippen LogP contribution in [-0.2, 0) is 22.2 Å². The third kappa shape index (κ3) is 6.85. The van der Waals surface area contributed by atoms with E-state index in [0.29, 0.717) is 56.9 Å². The van der Waals surface area contributed by atoms with Gasteiger partial charge in [0.2, 0.25) is 17.7 Å². The zero-order valence-corrected chi connectivity index (χ0v) is 35.1. The summed E-state index contributed by atoms with van der Waals surface area (Å²) in [5, 5.41) is 11.0. The Bertz CT molecular complexity index is 2650. The monoisotopic (exact) mass is 866 g/mol. The molecule has 17 heteroatoms. The van der Waals surface area contributed by atoms with Crippen LogP contribution in [0.4, 0.5) is 25.1 Å². The summed E-state index contributed by atoms with van der Waals surface area (Å²) < 4.78 is 45.6. The van der Waals surface area contributed by atoms with Gasteiger partial charge in [-0.1, -0.05) is 48.9 Å². The minimum atomic E-state index is -1.09. The number of amides is 5. The van der Waals surface area contributed by atoms with Crippen LogP contribution in [0.15, 0.2) is 66.7 Å². The van der Waals surface area contributed by atoms with Crippen LogP contribution in [0.5, 0.6) is 11.5 Å².